The fourth-order valence-corrected chi connectivity index (χ4v) is 3.18. The minimum atomic E-state index is 0.244. The van der Waals surface area contributed by atoms with Crippen molar-refractivity contribution in [1.82, 2.24) is 14.5 Å². The lowest BCUT2D eigenvalue weighted by Crippen LogP contribution is -2.39. The third-order valence-corrected chi connectivity index (χ3v) is 4.53. The summed E-state index contributed by atoms with van der Waals surface area (Å²) in [6.07, 6.45) is 2.85. The fraction of sp³-hybridized carbons (Fsp3) is 0.529. The Morgan fingerprint density at radius 1 is 1.43 bits per heavy atom. The van der Waals surface area contributed by atoms with Crippen molar-refractivity contribution in [2.75, 3.05) is 13.1 Å². The van der Waals surface area contributed by atoms with E-state index in [0.717, 1.165) is 41.9 Å². The van der Waals surface area contributed by atoms with Crippen LogP contribution in [0.5, 0.6) is 0 Å². The van der Waals surface area contributed by atoms with E-state index in [9.17, 15) is 4.79 Å². The van der Waals surface area contributed by atoms with Crippen LogP contribution >= 0.6 is 0 Å². The lowest BCUT2D eigenvalue weighted by atomic mass is 9.99. The van der Waals surface area contributed by atoms with Crippen molar-refractivity contribution in [2.24, 2.45) is 13.0 Å². The highest BCUT2D eigenvalue weighted by molar-refractivity contribution is 5.82. The highest BCUT2D eigenvalue weighted by Crippen LogP contribution is 2.19. The summed E-state index contributed by atoms with van der Waals surface area (Å²) in [5.74, 6) is 1.87. The van der Waals surface area contributed by atoms with Crippen molar-refractivity contribution in [3.63, 3.8) is 0 Å². The molecule has 0 bridgehead atoms. The number of aromatic nitrogens is 2. The molecule has 1 aromatic carbocycles. The molecule has 1 aliphatic rings. The minimum absolute atomic E-state index is 0.244. The summed E-state index contributed by atoms with van der Waals surface area (Å²) < 4.78 is 2.08. The van der Waals surface area contributed by atoms with Crippen molar-refractivity contribution >= 4 is 16.9 Å². The molecule has 0 aliphatic carbocycles. The maximum atomic E-state index is 12.4. The molecule has 1 amide bonds. The van der Waals surface area contributed by atoms with Crippen molar-refractivity contribution in [3.05, 3.63) is 29.6 Å². The van der Waals surface area contributed by atoms with E-state index in [1.54, 1.807) is 0 Å². The number of imidazole rings is 1. The molecule has 4 nitrogen and oxygen atoms in total. The maximum absolute atomic E-state index is 12.4. The number of carbonyl (C=O) groups is 1. The van der Waals surface area contributed by atoms with Crippen LogP contribution in [0.1, 0.15) is 31.2 Å². The monoisotopic (exact) mass is 285 g/mol. The summed E-state index contributed by atoms with van der Waals surface area (Å²) in [4.78, 5) is 19.0. The standard InChI is InChI=1S/C17H23N3O/c1-12-5-4-8-20(11-12)17(21)10-14-6-7-16-15(9-14)18-13(2)19(16)3/h6-7,9,12H,4-5,8,10-11H2,1-3H3. The van der Waals surface area contributed by atoms with Gasteiger partial charge in [-0.1, -0.05) is 13.0 Å². The quantitative estimate of drug-likeness (QED) is 0.851. The second kappa shape index (κ2) is 5.51. The number of hydrogen-bond acceptors (Lipinski definition) is 2. The number of hydrogen-bond donors (Lipinski definition) is 0. The first-order valence-corrected chi connectivity index (χ1v) is 7.74. The van der Waals surface area contributed by atoms with Gasteiger partial charge in [0, 0.05) is 20.1 Å². The Hall–Kier alpha value is -1.84. The zero-order valence-corrected chi connectivity index (χ0v) is 13.1. The molecular formula is C17H23N3O. The van der Waals surface area contributed by atoms with E-state index in [1.165, 1.54) is 6.42 Å². The van der Waals surface area contributed by atoms with Gasteiger partial charge in [-0.25, -0.2) is 4.98 Å². The normalized spacial score (nSPS) is 19.2. The highest BCUT2D eigenvalue weighted by Gasteiger charge is 2.21. The number of aryl methyl sites for hydroxylation is 2. The molecule has 0 radical (unpaired) electrons. The van der Waals surface area contributed by atoms with Gasteiger partial charge in [-0.05, 0) is 43.4 Å². The number of carbonyl (C=O) groups excluding carboxylic acids is 1. The number of piperidine rings is 1. The van der Waals surface area contributed by atoms with Crippen molar-refractivity contribution in [2.45, 2.75) is 33.1 Å². The number of nitrogens with zero attached hydrogens (tertiary/aromatic N) is 3. The summed E-state index contributed by atoms with van der Waals surface area (Å²) in [7, 11) is 2.02. The van der Waals surface area contributed by atoms with Crippen molar-refractivity contribution < 1.29 is 4.79 Å². The lowest BCUT2D eigenvalue weighted by Gasteiger charge is -2.31. The minimum Gasteiger partial charge on any atom is -0.342 e. The smallest absolute Gasteiger partial charge is 0.226 e. The molecule has 21 heavy (non-hydrogen) atoms. The summed E-state index contributed by atoms with van der Waals surface area (Å²) in [5, 5.41) is 0. The maximum Gasteiger partial charge on any atom is 0.226 e. The van der Waals surface area contributed by atoms with Crippen LogP contribution in [0.4, 0.5) is 0 Å². The third-order valence-electron chi connectivity index (χ3n) is 4.53. The van der Waals surface area contributed by atoms with E-state index in [2.05, 4.69) is 28.6 Å². The Labute approximate surface area is 125 Å². The molecule has 1 fully saturated rings. The number of fused-ring (bicyclic) bond motifs is 1. The van der Waals surface area contributed by atoms with Crippen LogP contribution in [-0.2, 0) is 18.3 Å². The first-order chi connectivity index (χ1) is 10.0. The average Bonchev–Trinajstić information content (AvgIpc) is 2.73. The summed E-state index contributed by atoms with van der Waals surface area (Å²) in [5.41, 5.74) is 3.16. The fourth-order valence-electron chi connectivity index (χ4n) is 3.18. The predicted octanol–water partition coefficient (Wildman–Crippen LogP) is 2.68. The van der Waals surface area contributed by atoms with Crippen molar-refractivity contribution in [3.8, 4) is 0 Å². The van der Waals surface area contributed by atoms with E-state index < -0.39 is 0 Å². The van der Waals surface area contributed by atoms with Gasteiger partial charge < -0.3 is 9.47 Å². The Kier molecular flexibility index (Phi) is 3.70. The molecule has 2 aromatic rings. The zero-order valence-electron chi connectivity index (χ0n) is 13.1. The molecule has 0 spiro atoms. The summed E-state index contributed by atoms with van der Waals surface area (Å²) in [6.45, 7) is 6.04. The van der Waals surface area contributed by atoms with Gasteiger partial charge in [0.05, 0.1) is 17.5 Å². The van der Waals surface area contributed by atoms with E-state index in [1.807, 2.05) is 24.9 Å². The predicted molar refractivity (Wildman–Crippen MR) is 84.1 cm³/mol. The van der Waals surface area contributed by atoms with Gasteiger partial charge in [-0.2, -0.15) is 0 Å². The number of likely N-dealkylation sites (tertiary alicyclic amines) is 1. The Bertz CT molecular complexity index is 674. The second-order valence-electron chi connectivity index (χ2n) is 6.31. The third kappa shape index (κ3) is 2.80. The Morgan fingerprint density at radius 3 is 3.00 bits per heavy atom. The molecular weight excluding hydrogens is 262 g/mol. The number of benzene rings is 1. The van der Waals surface area contributed by atoms with Gasteiger partial charge in [0.15, 0.2) is 0 Å². The summed E-state index contributed by atoms with van der Waals surface area (Å²) in [6, 6.07) is 6.17. The molecule has 2 heterocycles. The van der Waals surface area contributed by atoms with E-state index >= 15 is 0 Å². The topological polar surface area (TPSA) is 38.1 Å². The Balaban J connectivity index is 1.76. The highest BCUT2D eigenvalue weighted by atomic mass is 16.2. The van der Waals surface area contributed by atoms with Crippen molar-refractivity contribution in [1.29, 1.82) is 0 Å². The van der Waals surface area contributed by atoms with Crippen LogP contribution in [0.3, 0.4) is 0 Å². The summed E-state index contributed by atoms with van der Waals surface area (Å²) >= 11 is 0. The molecule has 0 N–H and O–H groups in total. The van der Waals surface area contributed by atoms with Crippen LogP contribution in [0.15, 0.2) is 18.2 Å². The van der Waals surface area contributed by atoms with Gasteiger partial charge in [0.2, 0.25) is 5.91 Å². The molecule has 1 aliphatic heterocycles. The molecule has 3 rings (SSSR count). The van der Waals surface area contributed by atoms with E-state index in [4.69, 9.17) is 0 Å². The molecule has 1 unspecified atom stereocenters. The Morgan fingerprint density at radius 2 is 2.24 bits per heavy atom. The largest absolute Gasteiger partial charge is 0.342 e. The first kappa shape index (κ1) is 14.1. The number of amides is 1. The van der Waals surface area contributed by atoms with Gasteiger partial charge in [0.25, 0.3) is 0 Å². The number of rotatable bonds is 2. The van der Waals surface area contributed by atoms with E-state index in [0.29, 0.717) is 12.3 Å². The molecule has 4 heteroatoms. The molecule has 1 aromatic heterocycles. The lowest BCUT2D eigenvalue weighted by molar-refractivity contribution is -0.132. The molecule has 0 saturated carbocycles. The van der Waals surface area contributed by atoms with Crippen LogP contribution < -0.4 is 0 Å². The van der Waals surface area contributed by atoms with Crippen LogP contribution in [0.2, 0.25) is 0 Å². The molecule has 112 valence electrons. The van der Waals surface area contributed by atoms with Gasteiger partial charge in [-0.3, -0.25) is 4.79 Å². The second-order valence-corrected chi connectivity index (χ2v) is 6.31. The zero-order chi connectivity index (χ0) is 15.0. The van der Waals surface area contributed by atoms with Gasteiger partial charge >= 0.3 is 0 Å². The van der Waals surface area contributed by atoms with Crippen LogP contribution in [-0.4, -0.2) is 33.4 Å². The van der Waals surface area contributed by atoms with E-state index in [-0.39, 0.29) is 5.91 Å². The van der Waals surface area contributed by atoms with Crippen LogP contribution in [0, 0.1) is 12.8 Å². The molecule has 1 saturated heterocycles. The van der Waals surface area contributed by atoms with Crippen LogP contribution in [0.25, 0.3) is 11.0 Å². The SMILES string of the molecule is Cc1nc2cc(CC(=O)N3CCCC(C)C3)ccc2n1C. The van der Waals surface area contributed by atoms with Gasteiger partial charge in [0.1, 0.15) is 5.82 Å². The first-order valence-electron chi connectivity index (χ1n) is 7.74. The average molecular weight is 285 g/mol. The molecule has 1 atom stereocenters. The van der Waals surface area contributed by atoms with Gasteiger partial charge in [-0.15, -0.1) is 0 Å².